The van der Waals surface area contributed by atoms with Crippen molar-refractivity contribution in [3.8, 4) is 17.2 Å². The van der Waals surface area contributed by atoms with Crippen LogP contribution in [-0.2, 0) is 23.1 Å². The van der Waals surface area contributed by atoms with Crippen LogP contribution in [0.5, 0.6) is 5.75 Å². The third-order valence-electron chi connectivity index (χ3n) is 6.07. The molecule has 176 valence electrons. The van der Waals surface area contributed by atoms with Gasteiger partial charge in [0.2, 0.25) is 5.89 Å². The molecular weight excluding hydrogens is 426 g/mol. The van der Waals surface area contributed by atoms with Crippen molar-refractivity contribution in [1.82, 2.24) is 4.98 Å². The Bertz CT molecular complexity index is 1300. The standard InChI is InChI=1S/C29H31NO4/c1-19-25(30-28(34-19)21-11-14-22(15-12-21)29(2,3)4)17-18-33-26-10-6-8-23-20(13-16-27(31)32)7-5-9-24(23)26/h5-12,14-15H,13,16-18H2,1-4H3,(H,31,32). The number of hydrogen-bond donors (Lipinski definition) is 1. The van der Waals surface area contributed by atoms with Crippen LogP contribution in [0, 0.1) is 6.92 Å². The molecule has 0 saturated carbocycles. The number of nitrogens with zero attached hydrogens (tertiary/aromatic N) is 1. The summed E-state index contributed by atoms with van der Waals surface area (Å²) in [5, 5.41) is 11.0. The van der Waals surface area contributed by atoms with E-state index in [4.69, 9.17) is 19.2 Å². The molecular formula is C29H31NO4. The van der Waals surface area contributed by atoms with Crippen molar-refractivity contribution in [2.24, 2.45) is 0 Å². The van der Waals surface area contributed by atoms with Gasteiger partial charge in [-0.2, -0.15) is 0 Å². The molecule has 1 N–H and O–H groups in total. The first-order valence-corrected chi connectivity index (χ1v) is 11.6. The van der Waals surface area contributed by atoms with Crippen LogP contribution in [0.4, 0.5) is 0 Å². The zero-order chi connectivity index (χ0) is 24.3. The van der Waals surface area contributed by atoms with Crippen LogP contribution in [-0.4, -0.2) is 22.7 Å². The number of carboxylic acid groups (broad SMARTS) is 1. The van der Waals surface area contributed by atoms with E-state index in [-0.39, 0.29) is 11.8 Å². The molecule has 0 spiro atoms. The summed E-state index contributed by atoms with van der Waals surface area (Å²) in [6.07, 6.45) is 1.23. The topological polar surface area (TPSA) is 72.6 Å². The zero-order valence-electron chi connectivity index (χ0n) is 20.2. The molecule has 3 aromatic carbocycles. The van der Waals surface area contributed by atoms with E-state index < -0.39 is 5.97 Å². The van der Waals surface area contributed by atoms with Crippen molar-refractivity contribution in [3.63, 3.8) is 0 Å². The fraction of sp³-hybridized carbons (Fsp3) is 0.310. The monoisotopic (exact) mass is 457 g/mol. The lowest BCUT2D eigenvalue weighted by Gasteiger charge is -2.18. The summed E-state index contributed by atoms with van der Waals surface area (Å²) in [6, 6.07) is 20.2. The van der Waals surface area contributed by atoms with E-state index in [2.05, 4.69) is 45.0 Å². The largest absolute Gasteiger partial charge is 0.493 e. The number of aromatic nitrogens is 1. The van der Waals surface area contributed by atoms with Gasteiger partial charge in [0, 0.05) is 23.8 Å². The van der Waals surface area contributed by atoms with Crippen LogP contribution in [0.1, 0.15) is 49.8 Å². The minimum atomic E-state index is -0.795. The number of aliphatic carboxylic acids is 1. The highest BCUT2D eigenvalue weighted by atomic mass is 16.5. The Morgan fingerprint density at radius 1 is 0.971 bits per heavy atom. The van der Waals surface area contributed by atoms with Crippen LogP contribution in [0.3, 0.4) is 0 Å². The average Bonchev–Trinajstić information content (AvgIpc) is 3.17. The van der Waals surface area contributed by atoms with Gasteiger partial charge in [0.1, 0.15) is 11.5 Å². The van der Waals surface area contributed by atoms with Crippen LogP contribution < -0.4 is 4.74 Å². The normalized spacial score (nSPS) is 11.6. The molecule has 34 heavy (non-hydrogen) atoms. The third kappa shape index (κ3) is 5.30. The first-order valence-electron chi connectivity index (χ1n) is 11.6. The Balaban J connectivity index is 1.45. The van der Waals surface area contributed by atoms with E-state index in [1.807, 2.05) is 43.3 Å². The number of fused-ring (bicyclic) bond motifs is 1. The molecule has 1 aromatic heterocycles. The summed E-state index contributed by atoms with van der Waals surface area (Å²) in [5.74, 6) is 1.42. The van der Waals surface area contributed by atoms with Crippen molar-refractivity contribution in [1.29, 1.82) is 0 Å². The second kappa shape index (κ2) is 9.72. The summed E-state index contributed by atoms with van der Waals surface area (Å²) in [5.41, 5.74) is 4.24. The minimum Gasteiger partial charge on any atom is -0.493 e. The fourth-order valence-electron chi connectivity index (χ4n) is 4.09. The molecule has 4 aromatic rings. The lowest BCUT2D eigenvalue weighted by Crippen LogP contribution is -2.10. The SMILES string of the molecule is Cc1oc(-c2ccc(C(C)(C)C)cc2)nc1CCOc1cccc2c(CCC(=O)O)cccc12. The Kier molecular flexibility index (Phi) is 6.73. The van der Waals surface area contributed by atoms with Gasteiger partial charge in [0.15, 0.2) is 0 Å². The number of hydrogen-bond acceptors (Lipinski definition) is 4. The summed E-state index contributed by atoms with van der Waals surface area (Å²) in [7, 11) is 0. The van der Waals surface area contributed by atoms with E-state index in [0.717, 1.165) is 39.1 Å². The highest BCUT2D eigenvalue weighted by molar-refractivity contribution is 5.91. The summed E-state index contributed by atoms with van der Waals surface area (Å²) >= 11 is 0. The molecule has 5 nitrogen and oxygen atoms in total. The minimum absolute atomic E-state index is 0.103. The van der Waals surface area contributed by atoms with Gasteiger partial charge in [0.05, 0.1) is 12.3 Å². The van der Waals surface area contributed by atoms with E-state index in [0.29, 0.717) is 25.3 Å². The summed E-state index contributed by atoms with van der Waals surface area (Å²) < 4.78 is 12.1. The van der Waals surface area contributed by atoms with Crippen LogP contribution in [0.25, 0.3) is 22.2 Å². The third-order valence-corrected chi connectivity index (χ3v) is 6.07. The van der Waals surface area contributed by atoms with Gasteiger partial charge in [-0.15, -0.1) is 0 Å². The highest BCUT2D eigenvalue weighted by Gasteiger charge is 2.16. The van der Waals surface area contributed by atoms with Gasteiger partial charge in [-0.05, 0) is 53.5 Å². The van der Waals surface area contributed by atoms with Gasteiger partial charge in [-0.25, -0.2) is 4.98 Å². The number of carbonyl (C=O) groups is 1. The number of carboxylic acids is 1. The van der Waals surface area contributed by atoms with Crippen LogP contribution in [0.2, 0.25) is 0 Å². The van der Waals surface area contributed by atoms with Crippen molar-refractivity contribution >= 4 is 16.7 Å². The maximum absolute atomic E-state index is 11.0. The Hall–Kier alpha value is -3.60. The molecule has 0 amide bonds. The zero-order valence-corrected chi connectivity index (χ0v) is 20.2. The van der Waals surface area contributed by atoms with Crippen LogP contribution in [0.15, 0.2) is 65.1 Å². The van der Waals surface area contributed by atoms with E-state index in [1.54, 1.807) is 0 Å². The van der Waals surface area contributed by atoms with Gasteiger partial charge in [-0.3, -0.25) is 4.79 Å². The first kappa shape index (κ1) is 23.6. The van der Waals surface area contributed by atoms with Gasteiger partial charge < -0.3 is 14.3 Å². The first-order chi connectivity index (χ1) is 16.2. The smallest absolute Gasteiger partial charge is 0.303 e. The molecule has 1 heterocycles. The number of aryl methyl sites for hydroxylation is 2. The number of ether oxygens (including phenoxy) is 1. The molecule has 0 bridgehead atoms. The lowest BCUT2D eigenvalue weighted by molar-refractivity contribution is -0.136. The molecule has 0 saturated heterocycles. The molecule has 0 aliphatic carbocycles. The molecule has 0 aliphatic rings. The molecule has 0 radical (unpaired) electrons. The Labute approximate surface area is 200 Å². The molecule has 0 fully saturated rings. The molecule has 0 atom stereocenters. The number of benzene rings is 3. The molecule has 5 heteroatoms. The second-order valence-electron chi connectivity index (χ2n) is 9.61. The Morgan fingerprint density at radius 2 is 1.68 bits per heavy atom. The average molecular weight is 458 g/mol. The summed E-state index contributed by atoms with van der Waals surface area (Å²) in [4.78, 5) is 15.7. The second-order valence-corrected chi connectivity index (χ2v) is 9.61. The van der Waals surface area contributed by atoms with E-state index >= 15 is 0 Å². The number of rotatable bonds is 8. The maximum atomic E-state index is 11.0. The maximum Gasteiger partial charge on any atom is 0.303 e. The van der Waals surface area contributed by atoms with Crippen molar-refractivity contribution < 1.29 is 19.1 Å². The fourth-order valence-corrected chi connectivity index (χ4v) is 4.09. The quantitative estimate of drug-likeness (QED) is 0.317. The molecule has 0 aliphatic heterocycles. The van der Waals surface area contributed by atoms with Crippen molar-refractivity contribution in [2.45, 2.75) is 52.4 Å². The predicted octanol–water partition coefficient (Wildman–Crippen LogP) is 6.74. The highest BCUT2D eigenvalue weighted by Crippen LogP contribution is 2.30. The van der Waals surface area contributed by atoms with Gasteiger partial charge >= 0.3 is 5.97 Å². The molecule has 0 unspecified atom stereocenters. The van der Waals surface area contributed by atoms with Gasteiger partial charge in [0.25, 0.3) is 0 Å². The number of oxazole rings is 1. The van der Waals surface area contributed by atoms with Gasteiger partial charge in [-0.1, -0.05) is 63.2 Å². The Morgan fingerprint density at radius 3 is 2.38 bits per heavy atom. The predicted molar refractivity (Wildman–Crippen MR) is 134 cm³/mol. The van der Waals surface area contributed by atoms with E-state index in [1.165, 1.54) is 5.56 Å². The van der Waals surface area contributed by atoms with E-state index in [9.17, 15) is 4.79 Å². The van der Waals surface area contributed by atoms with Crippen LogP contribution >= 0.6 is 0 Å². The molecule has 4 rings (SSSR count). The van der Waals surface area contributed by atoms with Crippen molar-refractivity contribution in [3.05, 3.63) is 83.2 Å². The summed E-state index contributed by atoms with van der Waals surface area (Å²) in [6.45, 7) is 8.99. The lowest BCUT2D eigenvalue weighted by atomic mass is 9.87. The van der Waals surface area contributed by atoms with Crippen molar-refractivity contribution in [2.75, 3.05) is 6.61 Å².